The van der Waals surface area contributed by atoms with Crippen molar-refractivity contribution in [2.24, 2.45) is 0 Å². The second kappa shape index (κ2) is 13.4. The highest BCUT2D eigenvalue weighted by Crippen LogP contribution is 2.45. The number of benzene rings is 10. The average molecular weight is 815 g/mol. The summed E-state index contributed by atoms with van der Waals surface area (Å²) in [6.07, 6.45) is 0. The fourth-order valence-corrected chi connectivity index (χ4v) is 11.0. The molecule has 10 aromatic carbocycles. The summed E-state index contributed by atoms with van der Waals surface area (Å²) < 4.78 is 9.89. The van der Waals surface area contributed by atoms with Gasteiger partial charge in [0, 0.05) is 54.2 Å². The van der Waals surface area contributed by atoms with E-state index in [9.17, 15) is 0 Å². The van der Waals surface area contributed by atoms with E-state index >= 15 is 0 Å². The Morgan fingerprint density at radius 3 is 0.766 bits per heavy atom. The molecule has 0 aliphatic heterocycles. The summed E-state index contributed by atoms with van der Waals surface area (Å²) >= 11 is 0. The molecule has 0 atom stereocenters. The summed E-state index contributed by atoms with van der Waals surface area (Å²) in [5.41, 5.74) is 16.4. The third kappa shape index (κ3) is 4.77. The van der Waals surface area contributed by atoms with Crippen molar-refractivity contribution in [2.45, 2.75) is 0 Å². The van der Waals surface area contributed by atoms with Gasteiger partial charge in [0.2, 0.25) is 0 Å². The highest BCUT2D eigenvalue weighted by Gasteiger charge is 2.24. The van der Waals surface area contributed by atoms with Crippen LogP contribution in [0.2, 0.25) is 0 Å². The number of aromatic nitrogens is 4. The number of para-hydroxylation sites is 8. The van der Waals surface area contributed by atoms with Crippen molar-refractivity contribution in [3.63, 3.8) is 0 Å². The molecule has 0 unspecified atom stereocenters. The normalized spacial score (nSPS) is 12.1. The molecule has 4 heteroatoms. The molecule has 0 aliphatic rings. The van der Waals surface area contributed by atoms with Gasteiger partial charge >= 0.3 is 0 Å². The summed E-state index contributed by atoms with van der Waals surface area (Å²) in [5.74, 6) is 0. The zero-order chi connectivity index (χ0) is 41.9. The van der Waals surface area contributed by atoms with Crippen molar-refractivity contribution in [3.05, 3.63) is 231 Å². The minimum absolute atomic E-state index is 1.13. The van der Waals surface area contributed by atoms with E-state index in [-0.39, 0.29) is 0 Å². The maximum Gasteiger partial charge on any atom is 0.0562 e. The molecule has 0 fully saturated rings. The van der Waals surface area contributed by atoms with E-state index in [1.54, 1.807) is 0 Å². The van der Waals surface area contributed by atoms with Crippen molar-refractivity contribution < 1.29 is 0 Å². The Kier molecular flexibility index (Phi) is 7.36. The Balaban J connectivity index is 1.03. The highest BCUT2D eigenvalue weighted by atomic mass is 15.0. The number of rotatable bonds is 5. The molecule has 64 heavy (non-hydrogen) atoms. The largest absolute Gasteiger partial charge is 0.309 e. The average Bonchev–Trinajstić information content (AvgIpc) is 4.09. The number of hydrogen-bond donors (Lipinski definition) is 0. The lowest BCUT2D eigenvalue weighted by molar-refractivity contribution is 1.15. The third-order valence-corrected chi connectivity index (χ3v) is 13.6. The van der Waals surface area contributed by atoms with Crippen molar-refractivity contribution in [1.82, 2.24) is 18.3 Å². The summed E-state index contributed by atoms with van der Waals surface area (Å²) in [5, 5.41) is 9.93. The quantitative estimate of drug-likeness (QED) is 0.165. The van der Waals surface area contributed by atoms with E-state index in [1.807, 2.05) is 0 Å². The van der Waals surface area contributed by atoms with Crippen molar-refractivity contribution >= 4 is 87.2 Å². The molecule has 0 saturated carbocycles. The van der Waals surface area contributed by atoms with Gasteiger partial charge in [0.1, 0.15) is 0 Å². The van der Waals surface area contributed by atoms with Crippen LogP contribution in [-0.4, -0.2) is 18.3 Å². The molecule has 0 spiro atoms. The van der Waals surface area contributed by atoms with E-state index in [4.69, 9.17) is 0 Å². The number of fused-ring (bicyclic) bond motifs is 12. The van der Waals surface area contributed by atoms with Gasteiger partial charge < -0.3 is 18.3 Å². The first kappa shape index (κ1) is 35.0. The molecule has 0 N–H and O–H groups in total. The van der Waals surface area contributed by atoms with Gasteiger partial charge in [-0.1, -0.05) is 158 Å². The first-order chi connectivity index (χ1) is 31.8. The molecule has 0 radical (unpaired) electrons. The number of nitrogens with zero attached hydrogens (tertiary/aromatic N) is 4. The van der Waals surface area contributed by atoms with Gasteiger partial charge in [0.25, 0.3) is 0 Å². The van der Waals surface area contributed by atoms with Gasteiger partial charge in [-0.15, -0.1) is 0 Å². The van der Waals surface area contributed by atoms with Crippen molar-refractivity contribution in [3.8, 4) is 33.9 Å². The second-order valence-corrected chi connectivity index (χ2v) is 16.8. The first-order valence-corrected chi connectivity index (χ1v) is 22.0. The summed E-state index contributed by atoms with van der Waals surface area (Å²) in [6.45, 7) is 0. The molecular weight excluding hydrogens is 777 g/mol. The van der Waals surface area contributed by atoms with Gasteiger partial charge in [-0.2, -0.15) is 0 Å². The van der Waals surface area contributed by atoms with Gasteiger partial charge in [0.05, 0.1) is 66.9 Å². The van der Waals surface area contributed by atoms with Crippen LogP contribution in [0.4, 0.5) is 0 Å². The van der Waals surface area contributed by atoms with E-state index in [1.165, 1.54) is 87.6 Å². The highest BCUT2D eigenvalue weighted by molar-refractivity contribution is 6.18. The molecule has 0 saturated heterocycles. The molecule has 0 aliphatic carbocycles. The SMILES string of the molecule is c1ccc(-n2c3ccccc3c3c(-n4c5ccccc5c5ccccc54)cccc32)c(-c2ccccc2-n2c3ccccc3c3c(-n4c5ccccc5c5ccccc54)cccc32)c1. The minimum Gasteiger partial charge on any atom is -0.309 e. The zero-order valence-corrected chi connectivity index (χ0v) is 34.7. The molecule has 298 valence electrons. The van der Waals surface area contributed by atoms with Crippen molar-refractivity contribution in [2.75, 3.05) is 0 Å². The third-order valence-electron chi connectivity index (χ3n) is 13.6. The Labute approximate surface area is 368 Å². The summed E-state index contributed by atoms with van der Waals surface area (Å²) in [4.78, 5) is 0. The Morgan fingerprint density at radius 1 is 0.172 bits per heavy atom. The smallest absolute Gasteiger partial charge is 0.0562 e. The van der Waals surface area contributed by atoms with Crippen LogP contribution in [-0.2, 0) is 0 Å². The molecule has 4 aromatic heterocycles. The lowest BCUT2D eigenvalue weighted by Crippen LogP contribution is -2.01. The monoisotopic (exact) mass is 814 g/mol. The topological polar surface area (TPSA) is 19.7 Å². The van der Waals surface area contributed by atoms with Crippen LogP contribution in [0.3, 0.4) is 0 Å². The standard InChI is InChI=1S/C60H38N4/c1-9-27-47-39(19-1)40-20-2-10-28-48(40)61(47)55-35-17-37-57-59(55)45-25-7-15-33-53(45)63(57)51-31-13-5-23-43(51)44-24-6-14-32-52(44)64-54-34-16-8-26-46(54)60-56(36-18-38-58(60)64)62-49-29-11-3-21-41(49)42-22-4-12-30-50(42)62/h1-38H. The Bertz CT molecular complexity index is 3830. The lowest BCUT2D eigenvalue weighted by Gasteiger charge is -2.18. The Morgan fingerprint density at radius 2 is 0.406 bits per heavy atom. The molecule has 0 bridgehead atoms. The molecule has 0 amide bonds. The van der Waals surface area contributed by atoms with Crippen LogP contribution in [0.5, 0.6) is 0 Å². The van der Waals surface area contributed by atoms with Crippen LogP contribution in [0.25, 0.3) is 121 Å². The maximum atomic E-state index is 2.49. The molecule has 14 aromatic rings. The van der Waals surface area contributed by atoms with Gasteiger partial charge in [-0.3, -0.25) is 0 Å². The van der Waals surface area contributed by atoms with Crippen LogP contribution >= 0.6 is 0 Å². The fourth-order valence-electron chi connectivity index (χ4n) is 11.0. The molecule has 4 heterocycles. The lowest BCUT2D eigenvalue weighted by atomic mass is 10.0. The van der Waals surface area contributed by atoms with Crippen LogP contribution in [0.1, 0.15) is 0 Å². The van der Waals surface area contributed by atoms with Crippen molar-refractivity contribution in [1.29, 1.82) is 0 Å². The molecular formula is C60H38N4. The second-order valence-electron chi connectivity index (χ2n) is 16.8. The van der Waals surface area contributed by atoms with E-state index in [2.05, 4.69) is 249 Å². The maximum absolute atomic E-state index is 2.49. The zero-order valence-electron chi connectivity index (χ0n) is 34.7. The van der Waals surface area contributed by atoms with E-state index in [0.717, 1.165) is 33.5 Å². The predicted octanol–water partition coefficient (Wildman–Crippen LogP) is 15.7. The van der Waals surface area contributed by atoms with Crippen LogP contribution in [0.15, 0.2) is 231 Å². The molecule has 14 rings (SSSR count). The molecule has 4 nitrogen and oxygen atoms in total. The fraction of sp³-hybridized carbons (Fsp3) is 0. The Hall–Kier alpha value is -8.60. The first-order valence-electron chi connectivity index (χ1n) is 22.0. The summed E-state index contributed by atoms with van der Waals surface area (Å²) in [6, 6.07) is 84.4. The van der Waals surface area contributed by atoms with E-state index in [0.29, 0.717) is 0 Å². The summed E-state index contributed by atoms with van der Waals surface area (Å²) in [7, 11) is 0. The minimum atomic E-state index is 1.13. The van der Waals surface area contributed by atoms with Gasteiger partial charge in [-0.25, -0.2) is 0 Å². The van der Waals surface area contributed by atoms with E-state index < -0.39 is 0 Å². The van der Waals surface area contributed by atoms with Gasteiger partial charge in [-0.05, 0) is 72.8 Å². The van der Waals surface area contributed by atoms with Crippen LogP contribution in [0, 0.1) is 0 Å². The number of hydrogen-bond acceptors (Lipinski definition) is 0. The predicted molar refractivity (Wildman–Crippen MR) is 269 cm³/mol. The van der Waals surface area contributed by atoms with Gasteiger partial charge in [0.15, 0.2) is 0 Å². The van der Waals surface area contributed by atoms with Crippen LogP contribution < -0.4 is 0 Å².